The van der Waals surface area contributed by atoms with Crippen molar-refractivity contribution in [3.05, 3.63) is 52.3 Å². The lowest BCUT2D eigenvalue weighted by molar-refractivity contribution is 0.102. The highest BCUT2D eigenvalue weighted by molar-refractivity contribution is 9.10. The van der Waals surface area contributed by atoms with E-state index >= 15 is 0 Å². The first kappa shape index (κ1) is 14.5. The van der Waals surface area contributed by atoms with Crippen LogP contribution in [0.1, 0.15) is 16.1 Å². The third kappa shape index (κ3) is 3.55. The lowest BCUT2D eigenvalue weighted by Gasteiger charge is -2.08. The van der Waals surface area contributed by atoms with Crippen molar-refractivity contribution < 1.29 is 9.53 Å². The number of methoxy groups -OCH3 is 1. The molecule has 2 rings (SSSR count). The number of ether oxygens (including phenoxy) is 1. The number of nitrogens with two attached hydrogens (primary N) is 1. The van der Waals surface area contributed by atoms with Crippen molar-refractivity contribution >= 4 is 27.5 Å². The van der Waals surface area contributed by atoms with Crippen LogP contribution in [0.15, 0.2) is 41.0 Å². The fraction of sp³-hybridized carbons (Fsp3) is 0.143. The van der Waals surface area contributed by atoms with Crippen molar-refractivity contribution in [2.75, 3.05) is 12.4 Å². The average molecular weight is 336 g/mol. The van der Waals surface area contributed by atoms with Crippen molar-refractivity contribution in [3.63, 3.8) is 0 Å². The second-order valence-electron chi connectivity index (χ2n) is 4.07. The van der Waals surface area contributed by atoms with E-state index in [4.69, 9.17) is 10.5 Å². The second kappa shape index (κ2) is 6.49. The molecule has 1 aromatic heterocycles. The van der Waals surface area contributed by atoms with Crippen molar-refractivity contribution in [3.8, 4) is 5.75 Å². The molecule has 0 saturated heterocycles. The number of anilines is 1. The molecule has 6 heteroatoms. The Morgan fingerprint density at radius 2 is 2.20 bits per heavy atom. The van der Waals surface area contributed by atoms with Gasteiger partial charge in [0.25, 0.3) is 5.91 Å². The number of benzene rings is 1. The number of pyridine rings is 1. The molecule has 0 atom stereocenters. The molecular weight excluding hydrogens is 322 g/mol. The molecular formula is C14H14BrN3O2. The Morgan fingerprint density at radius 1 is 1.40 bits per heavy atom. The zero-order chi connectivity index (χ0) is 14.5. The standard InChI is InChI=1S/C14H14BrN3O2/c1-20-13-6-10(15)5-11(7-13)18-14(19)9-2-3-17-12(4-9)8-16/h2-7H,8,16H2,1H3,(H,18,19). The minimum atomic E-state index is -0.220. The van der Waals surface area contributed by atoms with Crippen molar-refractivity contribution in [1.29, 1.82) is 0 Å². The first-order valence-electron chi connectivity index (χ1n) is 5.93. The van der Waals surface area contributed by atoms with Gasteiger partial charge in [-0.05, 0) is 24.3 Å². The van der Waals surface area contributed by atoms with Crippen LogP contribution >= 0.6 is 15.9 Å². The van der Waals surface area contributed by atoms with E-state index in [1.54, 1.807) is 37.6 Å². The topological polar surface area (TPSA) is 77.2 Å². The molecule has 0 fully saturated rings. The van der Waals surface area contributed by atoms with E-state index < -0.39 is 0 Å². The maximum atomic E-state index is 12.2. The van der Waals surface area contributed by atoms with Crippen molar-refractivity contribution in [1.82, 2.24) is 4.98 Å². The van der Waals surface area contributed by atoms with E-state index in [-0.39, 0.29) is 5.91 Å². The highest BCUT2D eigenvalue weighted by Crippen LogP contribution is 2.24. The zero-order valence-corrected chi connectivity index (χ0v) is 12.5. The summed E-state index contributed by atoms with van der Waals surface area (Å²) in [5.74, 6) is 0.439. The van der Waals surface area contributed by atoms with Gasteiger partial charge in [0.15, 0.2) is 0 Å². The Hall–Kier alpha value is -1.92. The van der Waals surface area contributed by atoms with E-state index in [1.165, 1.54) is 0 Å². The van der Waals surface area contributed by atoms with Crippen LogP contribution in [0.3, 0.4) is 0 Å². The smallest absolute Gasteiger partial charge is 0.255 e. The number of hydrogen-bond donors (Lipinski definition) is 2. The van der Waals surface area contributed by atoms with E-state index in [1.807, 2.05) is 6.07 Å². The molecule has 104 valence electrons. The molecule has 0 aliphatic heterocycles. The molecule has 1 amide bonds. The number of nitrogens with zero attached hydrogens (tertiary/aromatic N) is 1. The molecule has 0 bridgehead atoms. The molecule has 2 aromatic rings. The Morgan fingerprint density at radius 3 is 2.90 bits per heavy atom. The number of amides is 1. The quantitative estimate of drug-likeness (QED) is 0.900. The normalized spacial score (nSPS) is 10.2. The van der Waals surface area contributed by atoms with Gasteiger partial charge in [0, 0.05) is 34.5 Å². The number of carbonyl (C=O) groups is 1. The molecule has 0 unspecified atom stereocenters. The van der Waals surface area contributed by atoms with Crippen LogP contribution < -0.4 is 15.8 Å². The maximum absolute atomic E-state index is 12.2. The minimum Gasteiger partial charge on any atom is -0.497 e. The summed E-state index contributed by atoms with van der Waals surface area (Å²) in [6.45, 7) is 0.297. The SMILES string of the molecule is COc1cc(Br)cc(NC(=O)c2ccnc(CN)c2)c1. The van der Waals surface area contributed by atoms with Crippen LogP contribution in [0.2, 0.25) is 0 Å². The molecule has 0 radical (unpaired) electrons. The van der Waals surface area contributed by atoms with Crippen molar-refractivity contribution in [2.24, 2.45) is 5.73 Å². The molecule has 0 aliphatic rings. The van der Waals surface area contributed by atoms with Gasteiger partial charge in [-0.3, -0.25) is 9.78 Å². The lowest BCUT2D eigenvalue weighted by atomic mass is 10.2. The Kier molecular flexibility index (Phi) is 4.70. The second-order valence-corrected chi connectivity index (χ2v) is 4.99. The number of carbonyl (C=O) groups excluding carboxylic acids is 1. The van der Waals surface area contributed by atoms with Gasteiger partial charge in [-0.1, -0.05) is 15.9 Å². The summed E-state index contributed by atoms with van der Waals surface area (Å²) >= 11 is 3.36. The molecule has 3 N–H and O–H groups in total. The molecule has 1 heterocycles. The number of nitrogens with one attached hydrogen (secondary N) is 1. The van der Waals surface area contributed by atoms with Crippen LogP contribution in [0.5, 0.6) is 5.75 Å². The number of rotatable bonds is 4. The van der Waals surface area contributed by atoms with Gasteiger partial charge in [-0.2, -0.15) is 0 Å². The van der Waals surface area contributed by atoms with Gasteiger partial charge in [-0.15, -0.1) is 0 Å². The fourth-order valence-corrected chi connectivity index (χ4v) is 2.16. The van der Waals surface area contributed by atoms with Gasteiger partial charge < -0.3 is 15.8 Å². The Labute approximate surface area is 125 Å². The molecule has 20 heavy (non-hydrogen) atoms. The lowest BCUT2D eigenvalue weighted by Crippen LogP contribution is -2.13. The number of hydrogen-bond acceptors (Lipinski definition) is 4. The van der Waals surface area contributed by atoms with Crippen LogP contribution in [-0.4, -0.2) is 18.0 Å². The van der Waals surface area contributed by atoms with Crippen LogP contribution in [0.4, 0.5) is 5.69 Å². The first-order valence-corrected chi connectivity index (χ1v) is 6.72. The van der Waals surface area contributed by atoms with Gasteiger partial charge in [0.05, 0.1) is 12.8 Å². The van der Waals surface area contributed by atoms with E-state index in [0.29, 0.717) is 29.2 Å². The molecule has 0 spiro atoms. The summed E-state index contributed by atoms with van der Waals surface area (Å²) in [5, 5.41) is 2.81. The van der Waals surface area contributed by atoms with Gasteiger partial charge in [0.1, 0.15) is 5.75 Å². The van der Waals surface area contributed by atoms with Crippen LogP contribution in [0.25, 0.3) is 0 Å². The van der Waals surface area contributed by atoms with E-state index in [2.05, 4.69) is 26.2 Å². The van der Waals surface area contributed by atoms with E-state index in [0.717, 1.165) is 4.47 Å². The first-order chi connectivity index (χ1) is 9.62. The van der Waals surface area contributed by atoms with Gasteiger partial charge >= 0.3 is 0 Å². The predicted octanol–water partition coefficient (Wildman–Crippen LogP) is 2.56. The summed E-state index contributed by atoms with van der Waals surface area (Å²) < 4.78 is 5.98. The van der Waals surface area contributed by atoms with Gasteiger partial charge in [-0.25, -0.2) is 0 Å². The Bertz CT molecular complexity index is 632. The summed E-state index contributed by atoms with van der Waals surface area (Å²) in [4.78, 5) is 16.2. The molecule has 0 aliphatic carbocycles. The maximum Gasteiger partial charge on any atom is 0.255 e. The largest absolute Gasteiger partial charge is 0.497 e. The third-order valence-electron chi connectivity index (χ3n) is 2.65. The summed E-state index contributed by atoms with van der Waals surface area (Å²) in [5.41, 5.74) is 7.34. The highest BCUT2D eigenvalue weighted by Gasteiger charge is 2.08. The molecule has 0 saturated carbocycles. The third-order valence-corrected chi connectivity index (χ3v) is 3.11. The van der Waals surface area contributed by atoms with E-state index in [9.17, 15) is 4.79 Å². The Balaban J connectivity index is 2.20. The number of aromatic nitrogens is 1. The predicted molar refractivity (Wildman–Crippen MR) is 80.8 cm³/mol. The van der Waals surface area contributed by atoms with Crippen LogP contribution in [0, 0.1) is 0 Å². The van der Waals surface area contributed by atoms with Crippen molar-refractivity contribution in [2.45, 2.75) is 6.54 Å². The average Bonchev–Trinajstić information content (AvgIpc) is 2.46. The molecule has 1 aromatic carbocycles. The summed E-state index contributed by atoms with van der Waals surface area (Å²) in [6, 6.07) is 8.67. The summed E-state index contributed by atoms with van der Waals surface area (Å²) in [6.07, 6.45) is 1.57. The van der Waals surface area contributed by atoms with Crippen LogP contribution in [-0.2, 0) is 6.54 Å². The monoisotopic (exact) mass is 335 g/mol. The summed E-state index contributed by atoms with van der Waals surface area (Å²) in [7, 11) is 1.57. The van der Waals surface area contributed by atoms with Gasteiger partial charge in [0.2, 0.25) is 0 Å². The zero-order valence-electron chi connectivity index (χ0n) is 10.9. The number of halogens is 1. The highest BCUT2D eigenvalue weighted by atomic mass is 79.9. The minimum absolute atomic E-state index is 0.220. The fourth-order valence-electron chi connectivity index (χ4n) is 1.69. The molecule has 5 nitrogen and oxygen atoms in total.